The van der Waals surface area contributed by atoms with Crippen LogP contribution in [0.4, 0.5) is 13.2 Å². The number of aliphatic carboxylic acids is 1. The van der Waals surface area contributed by atoms with Gasteiger partial charge < -0.3 is 10.0 Å². The molecule has 0 saturated carbocycles. The molecule has 1 aromatic carbocycles. The van der Waals surface area contributed by atoms with Crippen LogP contribution in [0.2, 0.25) is 0 Å². The molecule has 1 fully saturated rings. The zero-order valence-electron chi connectivity index (χ0n) is 22.5. The minimum atomic E-state index is -4.56. The Labute approximate surface area is 229 Å². The first-order valence-electron chi connectivity index (χ1n) is 12.8. The first-order chi connectivity index (χ1) is 18.1. The van der Waals surface area contributed by atoms with Crippen molar-refractivity contribution in [3.63, 3.8) is 0 Å². The molecule has 2 aromatic heterocycles. The fourth-order valence-corrected chi connectivity index (χ4v) is 6.24. The number of carboxylic acid groups (broad SMARTS) is 1. The molecule has 0 spiro atoms. The van der Waals surface area contributed by atoms with E-state index in [1.807, 2.05) is 26.0 Å². The largest absolute Gasteiger partial charge is 0.479 e. The Balaban J connectivity index is 1.88. The van der Waals surface area contributed by atoms with Crippen LogP contribution in [0.3, 0.4) is 0 Å². The molecule has 0 bridgehead atoms. The van der Waals surface area contributed by atoms with Gasteiger partial charge in [-0.25, -0.2) is 9.78 Å². The van der Waals surface area contributed by atoms with Gasteiger partial charge in [0.25, 0.3) is 5.91 Å². The number of thiazole rings is 1. The van der Waals surface area contributed by atoms with E-state index in [-0.39, 0.29) is 29.9 Å². The number of carboxylic acids is 1. The molecule has 39 heavy (non-hydrogen) atoms. The lowest BCUT2D eigenvalue weighted by Crippen LogP contribution is -2.54. The van der Waals surface area contributed by atoms with E-state index in [1.165, 1.54) is 22.3 Å². The van der Waals surface area contributed by atoms with Crippen molar-refractivity contribution in [2.45, 2.75) is 76.6 Å². The Morgan fingerprint density at radius 1 is 1.08 bits per heavy atom. The van der Waals surface area contributed by atoms with Gasteiger partial charge >= 0.3 is 12.1 Å². The normalized spacial score (nSPS) is 21.9. The van der Waals surface area contributed by atoms with Gasteiger partial charge in [-0.05, 0) is 54.0 Å². The lowest BCUT2D eigenvalue weighted by atomic mass is 9.82. The van der Waals surface area contributed by atoms with Gasteiger partial charge in [0.2, 0.25) is 0 Å². The highest BCUT2D eigenvalue weighted by Gasteiger charge is 2.60. The van der Waals surface area contributed by atoms with E-state index in [4.69, 9.17) is 0 Å². The number of nitrogens with zero attached hydrogens (tertiary/aromatic N) is 3. The molecule has 208 valence electrons. The molecular formula is C29H32F3N3O3S. The van der Waals surface area contributed by atoms with E-state index < -0.39 is 41.1 Å². The summed E-state index contributed by atoms with van der Waals surface area (Å²) >= 11 is 1.27. The van der Waals surface area contributed by atoms with Crippen molar-refractivity contribution in [2.24, 2.45) is 5.92 Å². The summed E-state index contributed by atoms with van der Waals surface area (Å²) in [6.07, 6.45) is -2.07. The molecular weight excluding hydrogens is 527 g/mol. The molecule has 1 aliphatic rings. The van der Waals surface area contributed by atoms with Crippen LogP contribution in [0.5, 0.6) is 0 Å². The SMILES string of the molecule is CC(C)CC1(C(=O)O)CC(c2ccc(C(F)(F)F)cn2)C(c2nccs2)N1C(=O)c1ccc(C(C)(C)C)cc1. The zero-order valence-corrected chi connectivity index (χ0v) is 23.3. The van der Waals surface area contributed by atoms with Crippen molar-refractivity contribution < 1.29 is 27.9 Å². The van der Waals surface area contributed by atoms with E-state index >= 15 is 0 Å². The topological polar surface area (TPSA) is 83.4 Å². The van der Waals surface area contributed by atoms with E-state index in [1.54, 1.807) is 23.7 Å². The summed E-state index contributed by atoms with van der Waals surface area (Å²) in [6.45, 7) is 9.94. The van der Waals surface area contributed by atoms with Crippen molar-refractivity contribution in [1.82, 2.24) is 14.9 Å². The molecule has 1 amide bonds. The summed E-state index contributed by atoms with van der Waals surface area (Å²) in [7, 11) is 0. The summed E-state index contributed by atoms with van der Waals surface area (Å²) in [5.41, 5.74) is -1.00. The third-order valence-corrected chi connectivity index (χ3v) is 8.08. The van der Waals surface area contributed by atoms with E-state index in [0.717, 1.165) is 17.8 Å². The zero-order chi connectivity index (χ0) is 28.8. The summed E-state index contributed by atoms with van der Waals surface area (Å²) in [5.74, 6) is -2.39. The van der Waals surface area contributed by atoms with E-state index in [0.29, 0.717) is 10.6 Å². The maximum Gasteiger partial charge on any atom is 0.417 e. The quantitative estimate of drug-likeness (QED) is 0.349. The lowest BCUT2D eigenvalue weighted by molar-refractivity contribution is -0.150. The summed E-state index contributed by atoms with van der Waals surface area (Å²) in [5, 5.41) is 12.9. The number of benzene rings is 1. The summed E-state index contributed by atoms with van der Waals surface area (Å²) in [4.78, 5) is 37.3. The fourth-order valence-electron chi connectivity index (χ4n) is 5.45. The highest BCUT2D eigenvalue weighted by molar-refractivity contribution is 7.09. The second kappa shape index (κ2) is 10.4. The second-order valence-electron chi connectivity index (χ2n) is 11.5. The van der Waals surface area contributed by atoms with Crippen LogP contribution in [0.1, 0.15) is 91.6 Å². The van der Waals surface area contributed by atoms with Gasteiger partial charge in [-0.3, -0.25) is 9.78 Å². The van der Waals surface area contributed by atoms with Crippen LogP contribution >= 0.6 is 11.3 Å². The number of hydrogen-bond acceptors (Lipinski definition) is 5. The number of carbonyl (C=O) groups excluding carboxylic acids is 1. The number of carbonyl (C=O) groups is 2. The predicted molar refractivity (Wildman–Crippen MR) is 143 cm³/mol. The smallest absolute Gasteiger partial charge is 0.417 e. The third kappa shape index (κ3) is 5.57. The molecule has 0 radical (unpaired) electrons. The highest BCUT2D eigenvalue weighted by atomic mass is 32.1. The van der Waals surface area contributed by atoms with Crippen molar-refractivity contribution in [3.05, 3.63) is 81.6 Å². The predicted octanol–water partition coefficient (Wildman–Crippen LogP) is 7.09. The maximum absolute atomic E-state index is 14.2. The number of hydrogen-bond donors (Lipinski definition) is 1. The summed E-state index contributed by atoms with van der Waals surface area (Å²) < 4.78 is 39.7. The fraction of sp³-hybridized carbons (Fsp3) is 0.448. The molecule has 6 nitrogen and oxygen atoms in total. The number of amides is 1. The highest BCUT2D eigenvalue weighted by Crippen LogP contribution is 2.54. The van der Waals surface area contributed by atoms with Crippen LogP contribution in [0, 0.1) is 5.92 Å². The Hall–Kier alpha value is -3.27. The van der Waals surface area contributed by atoms with Gasteiger partial charge in [0.1, 0.15) is 10.5 Å². The van der Waals surface area contributed by atoms with Crippen LogP contribution < -0.4 is 0 Å². The van der Waals surface area contributed by atoms with E-state index in [2.05, 4.69) is 30.7 Å². The second-order valence-corrected chi connectivity index (χ2v) is 12.5. The molecule has 10 heteroatoms. The minimum Gasteiger partial charge on any atom is -0.479 e. The monoisotopic (exact) mass is 559 g/mol. The average Bonchev–Trinajstić information content (AvgIpc) is 3.49. The van der Waals surface area contributed by atoms with Gasteiger partial charge in [-0.15, -0.1) is 11.3 Å². The van der Waals surface area contributed by atoms with Gasteiger partial charge in [0.15, 0.2) is 0 Å². The first kappa shape index (κ1) is 28.7. The lowest BCUT2D eigenvalue weighted by Gasteiger charge is -2.38. The van der Waals surface area contributed by atoms with Gasteiger partial charge in [0, 0.05) is 34.9 Å². The van der Waals surface area contributed by atoms with Crippen LogP contribution in [0.15, 0.2) is 54.2 Å². The number of alkyl halides is 3. The Morgan fingerprint density at radius 2 is 1.72 bits per heavy atom. The Bertz CT molecular complexity index is 1320. The molecule has 3 unspecified atom stereocenters. The van der Waals surface area contributed by atoms with Crippen molar-refractivity contribution in [2.75, 3.05) is 0 Å². The molecule has 4 rings (SSSR count). The van der Waals surface area contributed by atoms with Crippen LogP contribution in [-0.4, -0.2) is 37.4 Å². The molecule has 0 aliphatic carbocycles. The number of likely N-dealkylation sites (tertiary alicyclic amines) is 1. The van der Waals surface area contributed by atoms with Crippen molar-refractivity contribution in [1.29, 1.82) is 0 Å². The number of halogens is 3. The van der Waals surface area contributed by atoms with Crippen molar-refractivity contribution in [3.8, 4) is 0 Å². The molecule has 1 aliphatic heterocycles. The molecule has 3 heterocycles. The maximum atomic E-state index is 14.2. The van der Waals surface area contributed by atoms with Gasteiger partial charge in [-0.2, -0.15) is 13.2 Å². The van der Waals surface area contributed by atoms with Crippen LogP contribution in [-0.2, 0) is 16.4 Å². The Morgan fingerprint density at radius 3 is 2.18 bits per heavy atom. The standard InChI is InChI=1S/C29H32F3N3O3S/c1-17(2)14-28(26(37)38)15-21(22-11-10-20(16-34-22)29(30,31)32)23(24-33-12-13-39-24)35(28)25(36)18-6-8-19(9-7-18)27(3,4)5/h6-13,16-17,21,23H,14-15H2,1-5H3,(H,37,38). The molecule has 1 saturated heterocycles. The van der Waals surface area contributed by atoms with Crippen molar-refractivity contribution >= 4 is 23.2 Å². The number of aromatic nitrogens is 2. The molecule has 3 atom stereocenters. The minimum absolute atomic E-state index is 0.00502. The summed E-state index contributed by atoms with van der Waals surface area (Å²) in [6, 6.07) is 8.53. The third-order valence-electron chi connectivity index (χ3n) is 7.24. The number of rotatable bonds is 6. The van der Waals surface area contributed by atoms with Gasteiger partial charge in [0.05, 0.1) is 11.6 Å². The van der Waals surface area contributed by atoms with Gasteiger partial charge in [-0.1, -0.05) is 46.8 Å². The first-order valence-corrected chi connectivity index (χ1v) is 13.6. The number of pyridine rings is 1. The average molecular weight is 560 g/mol. The van der Waals surface area contributed by atoms with E-state index in [9.17, 15) is 27.9 Å². The molecule has 1 N–H and O–H groups in total. The Kier molecular flexibility index (Phi) is 7.64. The van der Waals surface area contributed by atoms with Crippen LogP contribution in [0.25, 0.3) is 0 Å². The molecule has 3 aromatic rings.